The summed E-state index contributed by atoms with van der Waals surface area (Å²) in [5.41, 5.74) is 2.13. The molecule has 0 saturated heterocycles. The molecule has 23 heavy (non-hydrogen) atoms. The predicted molar refractivity (Wildman–Crippen MR) is 104 cm³/mol. The highest BCUT2D eigenvalue weighted by Gasteiger charge is 2.12. The number of nitrogens with one attached hydrogen (secondary N) is 2. The van der Waals surface area contributed by atoms with Crippen molar-refractivity contribution in [2.24, 2.45) is 0 Å². The Balaban J connectivity index is 1.60. The summed E-state index contributed by atoms with van der Waals surface area (Å²) in [4.78, 5) is 4.61. The van der Waals surface area contributed by atoms with Gasteiger partial charge in [-0.25, -0.2) is 4.98 Å². The number of rotatable bonds is 3. The van der Waals surface area contributed by atoms with Gasteiger partial charge < -0.3 is 10.6 Å². The van der Waals surface area contributed by atoms with Crippen molar-refractivity contribution in [2.45, 2.75) is 64.3 Å². The van der Waals surface area contributed by atoms with Crippen LogP contribution in [0.15, 0.2) is 18.2 Å². The van der Waals surface area contributed by atoms with E-state index in [1.807, 2.05) is 0 Å². The van der Waals surface area contributed by atoms with Crippen molar-refractivity contribution in [1.82, 2.24) is 10.3 Å². The van der Waals surface area contributed by atoms with Gasteiger partial charge in [-0.05, 0) is 49.7 Å². The van der Waals surface area contributed by atoms with Crippen LogP contribution in [-0.2, 0) is 6.42 Å². The second kappa shape index (κ2) is 8.06. The summed E-state index contributed by atoms with van der Waals surface area (Å²) in [6, 6.07) is 6.81. The molecule has 0 unspecified atom stereocenters. The number of hydrogen-bond donors (Lipinski definition) is 2. The lowest BCUT2D eigenvalue weighted by molar-refractivity contribution is 0.430. The van der Waals surface area contributed by atoms with Gasteiger partial charge in [-0.1, -0.05) is 39.0 Å². The van der Waals surface area contributed by atoms with Crippen molar-refractivity contribution in [3.63, 3.8) is 0 Å². The third-order valence-electron chi connectivity index (χ3n) is 4.43. The third-order valence-corrected chi connectivity index (χ3v) is 5.82. The molecule has 5 heteroatoms. The van der Waals surface area contributed by atoms with Crippen LogP contribution in [0.4, 0.5) is 5.69 Å². The summed E-state index contributed by atoms with van der Waals surface area (Å²) < 4.78 is 1.22. The number of nitrogens with zero attached hydrogens (tertiary/aromatic N) is 1. The quantitative estimate of drug-likeness (QED) is 0.743. The van der Waals surface area contributed by atoms with Crippen molar-refractivity contribution < 1.29 is 0 Å². The molecule has 1 saturated carbocycles. The van der Waals surface area contributed by atoms with E-state index in [0.717, 1.165) is 22.7 Å². The van der Waals surface area contributed by atoms with Crippen LogP contribution >= 0.6 is 23.6 Å². The number of aromatic nitrogens is 1. The molecular formula is C18H25N3S2. The van der Waals surface area contributed by atoms with Crippen molar-refractivity contribution in [3.05, 3.63) is 23.2 Å². The Hall–Kier alpha value is -1.20. The second-order valence-corrected chi connectivity index (χ2v) is 7.81. The van der Waals surface area contributed by atoms with E-state index in [1.54, 1.807) is 11.3 Å². The van der Waals surface area contributed by atoms with E-state index >= 15 is 0 Å². The number of thiazole rings is 1. The lowest BCUT2D eigenvalue weighted by Gasteiger charge is -2.22. The van der Waals surface area contributed by atoms with Crippen LogP contribution in [0, 0.1) is 0 Å². The summed E-state index contributed by atoms with van der Waals surface area (Å²) in [6.07, 6.45) is 10.2. The van der Waals surface area contributed by atoms with Gasteiger partial charge in [0.2, 0.25) is 0 Å². The molecule has 1 aromatic carbocycles. The van der Waals surface area contributed by atoms with Crippen molar-refractivity contribution in [3.8, 4) is 0 Å². The molecular weight excluding hydrogens is 322 g/mol. The van der Waals surface area contributed by atoms with E-state index in [4.69, 9.17) is 12.2 Å². The van der Waals surface area contributed by atoms with Crippen LogP contribution in [0.1, 0.15) is 56.9 Å². The Bertz CT molecular complexity index is 657. The number of hydrogen-bond acceptors (Lipinski definition) is 3. The van der Waals surface area contributed by atoms with E-state index in [0.29, 0.717) is 6.04 Å². The number of benzene rings is 1. The van der Waals surface area contributed by atoms with Crippen LogP contribution in [-0.4, -0.2) is 16.1 Å². The summed E-state index contributed by atoms with van der Waals surface area (Å²) in [5, 5.41) is 8.78. The maximum atomic E-state index is 5.51. The molecule has 1 fully saturated rings. The number of aryl methyl sites for hydroxylation is 1. The fourth-order valence-electron chi connectivity index (χ4n) is 3.15. The lowest BCUT2D eigenvalue weighted by atomic mass is 9.97. The Morgan fingerprint density at radius 1 is 1.22 bits per heavy atom. The second-order valence-electron chi connectivity index (χ2n) is 6.28. The van der Waals surface area contributed by atoms with Gasteiger partial charge in [0.15, 0.2) is 5.11 Å². The minimum atomic E-state index is 0.522. The van der Waals surface area contributed by atoms with Crippen LogP contribution in [0.5, 0.6) is 0 Å². The van der Waals surface area contributed by atoms with Gasteiger partial charge >= 0.3 is 0 Å². The van der Waals surface area contributed by atoms with Gasteiger partial charge in [0.05, 0.1) is 15.2 Å². The SMILES string of the molecule is CCc1nc2ccc(NC(=S)NC3CCCCCCC3)cc2s1. The maximum Gasteiger partial charge on any atom is 0.170 e. The van der Waals surface area contributed by atoms with E-state index in [1.165, 1.54) is 54.7 Å². The molecule has 0 aliphatic heterocycles. The van der Waals surface area contributed by atoms with Crippen LogP contribution < -0.4 is 10.6 Å². The zero-order valence-electron chi connectivity index (χ0n) is 13.7. The van der Waals surface area contributed by atoms with E-state index in [-0.39, 0.29) is 0 Å². The van der Waals surface area contributed by atoms with Gasteiger partial charge in [-0.15, -0.1) is 11.3 Å². The van der Waals surface area contributed by atoms with Gasteiger partial charge in [-0.2, -0.15) is 0 Å². The van der Waals surface area contributed by atoms with Gasteiger partial charge in [-0.3, -0.25) is 0 Å². The van der Waals surface area contributed by atoms with Gasteiger partial charge in [0.25, 0.3) is 0 Å². The van der Waals surface area contributed by atoms with Crippen LogP contribution in [0.2, 0.25) is 0 Å². The standard InChI is InChI=1S/C18H25N3S2/c1-2-17-21-15-11-10-14(12-16(15)23-17)20-18(22)19-13-8-6-4-3-5-7-9-13/h10-13H,2-9H2,1H3,(H2,19,20,22). The van der Waals surface area contributed by atoms with E-state index in [2.05, 4.69) is 40.7 Å². The maximum absolute atomic E-state index is 5.51. The van der Waals surface area contributed by atoms with Crippen molar-refractivity contribution >= 4 is 44.6 Å². The molecule has 3 nitrogen and oxygen atoms in total. The number of thiocarbonyl (C=S) groups is 1. The zero-order chi connectivity index (χ0) is 16.1. The summed E-state index contributed by atoms with van der Waals surface area (Å²) in [7, 11) is 0. The molecule has 0 atom stereocenters. The van der Waals surface area contributed by atoms with Gasteiger partial charge in [0, 0.05) is 11.7 Å². The number of anilines is 1. The summed E-state index contributed by atoms with van der Waals surface area (Å²) in [5.74, 6) is 0. The molecule has 2 N–H and O–H groups in total. The molecule has 1 aliphatic rings. The first-order valence-electron chi connectivity index (χ1n) is 8.71. The molecule has 3 rings (SSSR count). The highest BCUT2D eigenvalue weighted by atomic mass is 32.1. The molecule has 0 spiro atoms. The Morgan fingerprint density at radius 2 is 1.96 bits per heavy atom. The normalized spacial score (nSPS) is 16.7. The minimum absolute atomic E-state index is 0.522. The highest BCUT2D eigenvalue weighted by molar-refractivity contribution is 7.80. The van der Waals surface area contributed by atoms with Crippen molar-refractivity contribution in [1.29, 1.82) is 0 Å². The summed E-state index contributed by atoms with van der Waals surface area (Å²) >= 11 is 7.28. The van der Waals surface area contributed by atoms with Crippen LogP contribution in [0.3, 0.4) is 0 Å². The van der Waals surface area contributed by atoms with Crippen LogP contribution in [0.25, 0.3) is 10.2 Å². The van der Waals surface area contributed by atoms with E-state index in [9.17, 15) is 0 Å². The third kappa shape index (κ3) is 4.64. The zero-order valence-corrected chi connectivity index (χ0v) is 15.4. The predicted octanol–water partition coefficient (Wildman–Crippen LogP) is 5.26. The first kappa shape index (κ1) is 16.7. The number of fused-ring (bicyclic) bond motifs is 1. The Labute approximate surface area is 147 Å². The average molecular weight is 348 g/mol. The highest BCUT2D eigenvalue weighted by Crippen LogP contribution is 2.25. The first-order chi connectivity index (χ1) is 11.2. The summed E-state index contributed by atoms with van der Waals surface area (Å²) in [6.45, 7) is 2.14. The molecule has 1 aromatic heterocycles. The smallest absolute Gasteiger partial charge is 0.170 e. The molecule has 2 aromatic rings. The molecule has 124 valence electrons. The molecule has 0 bridgehead atoms. The van der Waals surface area contributed by atoms with E-state index < -0.39 is 0 Å². The molecule has 1 heterocycles. The minimum Gasteiger partial charge on any atom is -0.360 e. The first-order valence-corrected chi connectivity index (χ1v) is 9.94. The fourth-order valence-corrected chi connectivity index (χ4v) is 4.39. The average Bonchev–Trinajstić information content (AvgIpc) is 2.92. The Kier molecular flexibility index (Phi) is 5.84. The molecule has 0 radical (unpaired) electrons. The van der Waals surface area contributed by atoms with Crippen molar-refractivity contribution in [2.75, 3.05) is 5.32 Å². The molecule has 0 amide bonds. The lowest BCUT2D eigenvalue weighted by Crippen LogP contribution is -2.38. The monoisotopic (exact) mass is 347 g/mol. The largest absolute Gasteiger partial charge is 0.360 e. The molecule has 1 aliphatic carbocycles. The fraction of sp³-hybridized carbons (Fsp3) is 0.556. The van der Waals surface area contributed by atoms with Gasteiger partial charge in [0.1, 0.15) is 0 Å². The Morgan fingerprint density at radius 3 is 2.70 bits per heavy atom. The topological polar surface area (TPSA) is 37.0 Å².